The molecule has 14 heavy (non-hydrogen) atoms. The Hall–Kier alpha value is -1.98. The van der Waals surface area contributed by atoms with E-state index in [0.29, 0.717) is 5.56 Å². The van der Waals surface area contributed by atoms with Crippen molar-refractivity contribution < 1.29 is 14.1 Å². The fraction of sp³-hybridized carbons (Fsp3) is 0.125. The minimum Gasteiger partial charge on any atom is -0.365 e. The van der Waals surface area contributed by atoms with E-state index in [-0.39, 0.29) is 0 Å². The zero-order valence-electron chi connectivity index (χ0n) is 7.28. The highest BCUT2D eigenvalue weighted by atomic mass is 19.1. The number of primary amides is 1. The lowest BCUT2D eigenvalue weighted by molar-refractivity contribution is -0.385. The third-order valence-electron chi connectivity index (χ3n) is 1.66. The van der Waals surface area contributed by atoms with Gasteiger partial charge >= 0.3 is 0 Å². The number of carbonyl (C=O) groups excluding carboxylic acids is 1. The molecule has 0 bridgehead atoms. The molecule has 0 unspecified atom stereocenters. The van der Waals surface area contributed by atoms with E-state index >= 15 is 0 Å². The van der Waals surface area contributed by atoms with Crippen LogP contribution in [0, 0.1) is 22.9 Å². The van der Waals surface area contributed by atoms with Crippen molar-refractivity contribution in [3.63, 3.8) is 0 Å². The molecule has 0 saturated carbocycles. The number of aryl methyl sites for hydroxylation is 1. The maximum Gasteiger partial charge on any atom is 0.285 e. The molecule has 0 aliphatic rings. The first-order valence-corrected chi connectivity index (χ1v) is 3.68. The summed E-state index contributed by atoms with van der Waals surface area (Å²) in [5, 5.41) is 10.5. The molecule has 74 valence electrons. The van der Waals surface area contributed by atoms with E-state index in [1.54, 1.807) is 0 Å². The Balaban J connectivity index is 3.52. The van der Waals surface area contributed by atoms with Gasteiger partial charge in [0.2, 0.25) is 0 Å². The van der Waals surface area contributed by atoms with Gasteiger partial charge in [-0.05, 0) is 18.6 Å². The molecule has 0 heterocycles. The predicted octanol–water partition coefficient (Wildman–Crippen LogP) is 1.14. The number of nitro benzene ring substituents is 1. The molecular weight excluding hydrogens is 191 g/mol. The minimum absolute atomic E-state index is 0.360. The Morgan fingerprint density at radius 1 is 1.57 bits per heavy atom. The Bertz CT molecular complexity index is 417. The van der Waals surface area contributed by atoms with Crippen molar-refractivity contribution in [1.29, 1.82) is 0 Å². The van der Waals surface area contributed by atoms with Crippen LogP contribution < -0.4 is 5.73 Å². The van der Waals surface area contributed by atoms with Gasteiger partial charge < -0.3 is 5.73 Å². The zero-order valence-corrected chi connectivity index (χ0v) is 7.28. The summed E-state index contributed by atoms with van der Waals surface area (Å²) in [7, 11) is 0. The van der Waals surface area contributed by atoms with Crippen LogP contribution in [0.25, 0.3) is 0 Å². The van der Waals surface area contributed by atoms with Crippen LogP contribution in [0.5, 0.6) is 0 Å². The molecule has 1 aromatic carbocycles. The Morgan fingerprint density at radius 3 is 2.57 bits per heavy atom. The normalized spacial score (nSPS) is 9.86. The highest BCUT2D eigenvalue weighted by molar-refractivity contribution is 5.97. The summed E-state index contributed by atoms with van der Waals surface area (Å²) in [6.45, 7) is 1.49. The van der Waals surface area contributed by atoms with E-state index in [0.717, 1.165) is 12.1 Å². The smallest absolute Gasteiger partial charge is 0.285 e. The molecule has 0 fully saturated rings. The van der Waals surface area contributed by atoms with E-state index in [1.165, 1.54) is 6.92 Å². The third kappa shape index (κ3) is 1.68. The van der Waals surface area contributed by atoms with Crippen LogP contribution in [0.3, 0.4) is 0 Å². The van der Waals surface area contributed by atoms with E-state index in [1.807, 2.05) is 0 Å². The fourth-order valence-corrected chi connectivity index (χ4v) is 1.11. The standard InChI is InChI=1S/C8H7FN2O3/c1-4-2-5(9)7(8(10)12)6(3-4)11(13)14/h2-3H,1H3,(H2,10,12). The van der Waals surface area contributed by atoms with E-state index < -0.39 is 27.9 Å². The number of halogens is 1. The average Bonchev–Trinajstić information content (AvgIpc) is 2.01. The molecule has 0 aliphatic heterocycles. The van der Waals surface area contributed by atoms with Crippen LogP contribution in [0.1, 0.15) is 15.9 Å². The Labute approximate surface area is 78.5 Å². The number of hydrogen-bond donors (Lipinski definition) is 1. The predicted molar refractivity (Wildman–Crippen MR) is 46.3 cm³/mol. The van der Waals surface area contributed by atoms with Gasteiger partial charge in [0.15, 0.2) is 5.56 Å². The first-order chi connectivity index (χ1) is 6.43. The summed E-state index contributed by atoms with van der Waals surface area (Å²) in [6.07, 6.45) is 0. The first-order valence-electron chi connectivity index (χ1n) is 3.68. The number of hydrogen-bond acceptors (Lipinski definition) is 3. The van der Waals surface area contributed by atoms with Crippen LogP contribution in [-0.4, -0.2) is 10.8 Å². The van der Waals surface area contributed by atoms with E-state index in [9.17, 15) is 19.3 Å². The second-order valence-electron chi connectivity index (χ2n) is 2.76. The number of nitro groups is 1. The summed E-state index contributed by atoms with van der Waals surface area (Å²) in [5.41, 5.74) is 3.90. The quantitative estimate of drug-likeness (QED) is 0.571. The Morgan fingerprint density at radius 2 is 2.14 bits per heavy atom. The number of nitrogens with zero attached hydrogens (tertiary/aromatic N) is 1. The minimum atomic E-state index is -1.14. The topological polar surface area (TPSA) is 86.2 Å². The van der Waals surface area contributed by atoms with Gasteiger partial charge in [0.05, 0.1) is 4.92 Å². The van der Waals surface area contributed by atoms with Crippen molar-refractivity contribution in [1.82, 2.24) is 0 Å². The molecule has 2 N–H and O–H groups in total. The molecular formula is C8H7FN2O3. The fourth-order valence-electron chi connectivity index (χ4n) is 1.11. The highest BCUT2D eigenvalue weighted by Gasteiger charge is 2.23. The molecule has 0 saturated heterocycles. The van der Waals surface area contributed by atoms with Crippen molar-refractivity contribution in [3.05, 3.63) is 39.2 Å². The molecule has 5 nitrogen and oxygen atoms in total. The third-order valence-corrected chi connectivity index (χ3v) is 1.66. The number of rotatable bonds is 2. The van der Waals surface area contributed by atoms with Crippen molar-refractivity contribution in [3.8, 4) is 0 Å². The SMILES string of the molecule is Cc1cc(F)c(C(N)=O)c([N+](=O)[O-])c1. The summed E-state index contributed by atoms with van der Waals surface area (Å²) in [6, 6.07) is 2.12. The second-order valence-corrected chi connectivity index (χ2v) is 2.76. The number of carbonyl (C=O) groups is 1. The molecule has 1 rings (SSSR count). The van der Waals surface area contributed by atoms with Crippen LogP contribution in [0.4, 0.5) is 10.1 Å². The van der Waals surface area contributed by atoms with Gasteiger partial charge in [-0.2, -0.15) is 0 Å². The number of amides is 1. The van der Waals surface area contributed by atoms with Crippen LogP contribution in [-0.2, 0) is 0 Å². The number of benzene rings is 1. The van der Waals surface area contributed by atoms with Gasteiger partial charge in [0.1, 0.15) is 5.82 Å². The highest BCUT2D eigenvalue weighted by Crippen LogP contribution is 2.22. The monoisotopic (exact) mass is 198 g/mol. The lowest BCUT2D eigenvalue weighted by Crippen LogP contribution is -2.15. The molecule has 0 atom stereocenters. The van der Waals surface area contributed by atoms with Crippen LogP contribution in [0.15, 0.2) is 12.1 Å². The van der Waals surface area contributed by atoms with Gasteiger partial charge in [-0.25, -0.2) is 4.39 Å². The van der Waals surface area contributed by atoms with Crippen molar-refractivity contribution in [2.45, 2.75) is 6.92 Å². The Kier molecular flexibility index (Phi) is 2.46. The van der Waals surface area contributed by atoms with Gasteiger partial charge in [0.25, 0.3) is 11.6 Å². The van der Waals surface area contributed by atoms with Crippen LogP contribution in [0.2, 0.25) is 0 Å². The maximum absolute atomic E-state index is 13.1. The van der Waals surface area contributed by atoms with Gasteiger partial charge in [-0.15, -0.1) is 0 Å². The number of nitrogens with two attached hydrogens (primary N) is 1. The molecule has 1 amide bonds. The van der Waals surface area contributed by atoms with Crippen molar-refractivity contribution in [2.24, 2.45) is 5.73 Å². The van der Waals surface area contributed by atoms with Crippen molar-refractivity contribution in [2.75, 3.05) is 0 Å². The summed E-state index contributed by atoms with van der Waals surface area (Å²) >= 11 is 0. The molecule has 0 aromatic heterocycles. The first kappa shape index (κ1) is 10.1. The van der Waals surface area contributed by atoms with Gasteiger partial charge in [-0.1, -0.05) is 0 Å². The summed E-state index contributed by atoms with van der Waals surface area (Å²) < 4.78 is 13.1. The zero-order chi connectivity index (χ0) is 10.9. The van der Waals surface area contributed by atoms with Crippen molar-refractivity contribution >= 4 is 11.6 Å². The largest absolute Gasteiger partial charge is 0.365 e. The second kappa shape index (κ2) is 3.41. The van der Waals surface area contributed by atoms with Gasteiger partial charge in [-0.3, -0.25) is 14.9 Å². The van der Waals surface area contributed by atoms with E-state index in [4.69, 9.17) is 5.73 Å². The van der Waals surface area contributed by atoms with Crippen LogP contribution >= 0.6 is 0 Å². The van der Waals surface area contributed by atoms with E-state index in [2.05, 4.69) is 0 Å². The maximum atomic E-state index is 13.1. The molecule has 6 heteroatoms. The molecule has 0 aliphatic carbocycles. The van der Waals surface area contributed by atoms with Gasteiger partial charge in [0, 0.05) is 6.07 Å². The lowest BCUT2D eigenvalue weighted by Gasteiger charge is -2.01. The lowest BCUT2D eigenvalue weighted by atomic mass is 10.1. The summed E-state index contributed by atoms with van der Waals surface area (Å²) in [4.78, 5) is 20.4. The summed E-state index contributed by atoms with van der Waals surface area (Å²) in [5.74, 6) is -2.11. The molecule has 1 aromatic rings. The molecule has 0 radical (unpaired) electrons. The average molecular weight is 198 g/mol. The molecule has 0 spiro atoms.